The van der Waals surface area contributed by atoms with Crippen LogP contribution in [0.4, 0.5) is 16.4 Å². The van der Waals surface area contributed by atoms with E-state index >= 15 is 0 Å². The van der Waals surface area contributed by atoms with Gasteiger partial charge in [-0.15, -0.1) is 0 Å². The molecule has 0 radical (unpaired) electrons. The van der Waals surface area contributed by atoms with Crippen molar-refractivity contribution >= 4 is 23.6 Å². The molecule has 8 heteroatoms. The van der Waals surface area contributed by atoms with Crippen molar-refractivity contribution in [3.8, 4) is 5.75 Å². The molecular weight excluding hydrogens is 288 g/mol. The molecule has 2 aliphatic heterocycles. The van der Waals surface area contributed by atoms with E-state index in [9.17, 15) is 9.59 Å². The van der Waals surface area contributed by atoms with Gasteiger partial charge in [-0.1, -0.05) is 0 Å². The topological polar surface area (TPSA) is 107 Å². The van der Waals surface area contributed by atoms with Crippen molar-refractivity contribution in [1.82, 2.24) is 4.98 Å². The molecule has 3 rings (SSSR count). The Kier molecular flexibility index (Phi) is 3.40. The first-order valence-corrected chi connectivity index (χ1v) is 7.02. The quantitative estimate of drug-likeness (QED) is 0.858. The third-order valence-electron chi connectivity index (χ3n) is 3.36. The summed E-state index contributed by atoms with van der Waals surface area (Å²) in [5, 5.41) is 2.61. The molecule has 118 valence electrons. The maximum atomic E-state index is 12.0. The second-order valence-corrected chi connectivity index (χ2v) is 6.16. The number of amides is 2. The number of nitrogens with zero attached hydrogens (tertiary/aromatic N) is 2. The minimum absolute atomic E-state index is 0.0343. The molecule has 22 heavy (non-hydrogen) atoms. The van der Waals surface area contributed by atoms with Crippen LogP contribution < -0.4 is 20.7 Å². The second-order valence-electron chi connectivity index (χ2n) is 6.16. The van der Waals surface area contributed by atoms with Gasteiger partial charge in [0, 0.05) is 12.0 Å². The molecule has 0 spiro atoms. The first-order valence-electron chi connectivity index (χ1n) is 7.02. The van der Waals surface area contributed by atoms with Crippen molar-refractivity contribution in [2.75, 3.05) is 23.4 Å². The number of ether oxygens (including phenoxy) is 2. The lowest BCUT2D eigenvalue weighted by molar-refractivity contribution is -0.118. The van der Waals surface area contributed by atoms with Crippen molar-refractivity contribution < 1.29 is 19.1 Å². The normalized spacial score (nSPS) is 21.0. The number of nitrogens with two attached hydrogens (primary N) is 1. The fraction of sp³-hybridized carbons (Fsp3) is 0.500. The van der Waals surface area contributed by atoms with Crippen LogP contribution in [0.5, 0.6) is 5.75 Å². The molecule has 0 aliphatic carbocycles. The van der Waals surface area contributed by atoms with Crippen LogP contribution >= 0.6 is 0 Å². The van der Waals surface area contributed by atoms with Crippen molar-refractivity contribution in [3.05, 3.63) is 12.1 Å². The molecule has 1 saturated heterocycles. The van der Waals surface area contributed by atoms with Gasteiger partial charge in [-0.05, 0) is 26.0 Å². The van der Waals surface area contributed by atoms with Crippen LogP contribution in [0, 0.1) is 0 Å². The van der Waals surface area contributed by atoms with E-state index in [0.29, 0.717) is 30.4 Å². The van der Waals surface area contributed by atoms with E-state index in [4.69, 9.17) is 15.2 Å². The monoisotopic (exact) mass is 306 g/mol. The number of cyclic esters (lactones) is 1. The largest absolute Gasteiger partial charge is 0.480 e. The Hall–Kier alpha value is -2.35. The molecule has 1 aromatic rings. The molecule has 1 fully saturated rings. The fourth-order valence-corrected chi connectivity index (χ4v) is 2.51. The number of hydrogen-bond acceptors (Lipinski definition) is 6. The van der Waals surface area contributed by atoms with Gasteiger partial charge in [0.15, 0.2) is 18.2 Å². The molecular formula is C14H18N4O4. The average molecular weight is 306 g/mol. The molecule has 1 unspecified atom stereocenters. The second kappa shape index (κ2) is 5.13. The van der Waals surface area contributed by atoms with E-state index < -0.39 is 11.6 Å². The lowest BCUT2D eigenvalue weighted by atomic mass is 9.98. The van der Waals surface area contributed by atoms with Crippen molar-refractivity contribution in [1.29, 1.82) is 0 Å². The van der Waals surface area contributed by atoms with Gasteiger partial charge in [0.1, 0.15) is 11.9 Å². The number of carbonyl (C=O) groups is 2. The Morgan fingerprint density at radius 1 is 1.45 bits per heavy atom. The molecule has 3 heterocycles. The van der Waals surface area contributed by atoms with E-state index in [1.54, 1.807) is 12.1 Å². The van der Waals surface area contributed by atoms with Crippen molar-refractivity contribution in [2.24, 2.45) is 5.73 Å². The van der Waals surface area contributed by atoms with Crippen LogP contribution in [0.3, 0.4) is 0 Å². The summed E-state index contributed by atoms with van der Waals surface area (Å²) >= 11 is 0. The zero-order valence-corrected chi connectivity index (χ0v) is 12.5. The van der Waals surface area contributed by atoms with Gasteiger partial charge >= 0.3 is 6.09 Å². The number of carbonyl (C=O) groups excluding carboxylic acids is 2. The van der Waals surface area contributed by atoms with Gasteiger partial charge < -0.3 is 20.5 Å². The Labute approximate surface area is 127 Å². The highest BCUT2D eigenvalue weighted by molar-refractivity contribution is 5.95. The summed E-state index contributed by atoms with van der Waals surface area (Å²) in [6.45, 7) is 4.11. The average Bonchev–Trinajstić information content (AvgIpc) is 2.76. The fourth-order valence-electron chi connectivity index (χ4n) is 2.51. The minimum atomic E-state index is -0.468. The number of hydrogen-bond donors (Lipinski definition) is 2. The summed E-state index contributed by atoms with van der Waals surface area (Å²) in [6, 6.07) is 3.33. The highest BCUT2D eigenvalue weighted by Crippen LogP contribution is 2.30. The summed E-state index contributed by atoms with van der Waals surface area (Å²) in [7, 11) is 0. The van der Waals surface area contributed by atoms with E-state index in [0.717, 1.165) is 0 Å². The van der Waals surface area contributed by atoms with E-state index in [2.05, 4.69) is 10.3 Å². The van der Waals surface area contributed by atoms with E-state index in [-0.39, 0.29) is 18.6 Å². The minimum Gasteiger partial charge on any atom is -0.480 e. The number of rotatable bonds is 3. The number of fused-ring (bicyclic) bond motifs is 1. The van der Waals surface area contributed by atoms with Gasteiger partial charge in [0.2, 0.25) is 0 Å². The summed E-state index contributed by atoms with van der Waals surface area (Å²) in [6.07, 6.45) is -0.194. The molecule has 0 saturated carbocycles. The lowest BCUT2D eigenvalue weighted by Gasteiger charge is -2.21. The maximum Gasteiger partial charge on any atom is 0.415 e. The molecule has 1 atom stereocenters. The van der Waals surface area contributed by atoms with E-state index in [1.165, 1.54) is 4.90 Å². The summed E-state index contributed by atoms with van der Waals surface area (Å²) in [4.78, 5) is 29.0. The van der Waals surface area contributed by atoms with Crippen LogP contribution in [0.25, 0.3) is 0 Å². The van der Waals surface area contributed by atoms with Gasteiger partial charge in [0.25, 0.3) is 5.91 Å². The third kappa shape index (κ3) is 2.96. The van der Waals surface area contributed by atoms with Crippen LogP contribution in [0.15, 0.2) is 12.1 Å². The number of anilines is 2. The van der Waals surface area contributed by atoms with Crippen molar-refractivity contribution in [2.45, 2.75) is 31.9 Å². The predicted molar refractivity (Wildman–Crippen MR) is 78.9 cm³/mol. The zero-order valence-electron chi connectivity index (χ0n) is 12.5. The van der Waals surface area contributed by atoms with Crippen molar-refractivity contribution in [3.63, 3.8) is 0 Å². The van der Waals surface area contributed by atoms with Crippen LogP contribution in [-0.4, -0.2) is 41.8 Å². The Balaban J connectivity index is 1.78. The molecule has 1 aromatic heterocycles. The molecule has 0 aromatic carbocycles. The number of pyridine rings is 1. The zero-order chi connectivity index (χ0) is 15.9. The lowest BCUT2D eigenvalue weighted by Crippen LogP contribution is -2.37. The standard InChI is InChI=1S/C14H18N4O4/c1-14(2,15)5-8-6-18(13(20)22-8)10-4-3-9-12(16-10)17-11(19)7-21-9/h3-4,8H,5-7,15H2,1-2H3,(H,16,17,19). The Morgan fingerprint density at radius 2 is 2.23 bits per heavy atom. The van der Waals surface area contributed by atoms with Crippen LogP contribution in [0.1, 0.15) is 20.3 Å². The first-order chi connectivity index (χ1) is 10.3. The maximum absolute atomic E-state index is 12.0. The SMILES string of the molecule is CC(C)(N)CC1CN(c2ccc3c(n2)NC(=O)CO3)C(=O)O1. The Bertz CT molecular complexity index is 626. The number of aromatic nitrogens is 1. The summed E-state index contributed by atoms with van der Waals surface area (Å²) in [5.74, 6) is 0.926. The van der Waals surface area contributed by atoms with Gasteiger partial charge in [-0.3, -0.25) is 9.69 Å². The molecule has 8 nitrogen and oxygen atoms in total. The van der Waals surface area contributed by atoms with E-state index in [1.807, 2.05) is 13.8 Å². The van der Waals surface area contributed by atoms with Gasteiger partial charge in [0.05, 0.1) is 6.54 Å². The van der Waals surface area contributed by atoms with Crippen LogP contribution in [-0.2, 0) is 9.53 Å². The molecule has 2 aliphatic rings. The van der Waals surface area contributed by atoms with Gasteiger partial charge in [-0.2, -0.15) is 0 Å². The van der Waals surface area contributed by atoms with Gasteiger partial charge in [-0.25, -0.2) is 9.78 Å². The summed E-state index contributed by atoms with van der Waals surface area (Å²) < 4.78 is 10.6. The van der Waals surface area contributed by atoms with Crippen LogP contribution in [0.2, 0.25) is 0 Å². The Morgan fingerprint density at radius 3 is 2.95 bits per heavy atom. The first kappa shape index (κ1) is 14.6. The smallest absolute Gasteiger partial charge is 0.415 e. The molecule has 3 N–H and O–H groups in total. The third-order valence-corrected chi connectivity index (χ3v) is 3.36. The molecule has 2 amide bonds. The number of nitrogens with one attached hydrogen (secondary N) is 1. The highest BCUT2D eigenvalue weighted by Gasteiger charge is 2.36. The summed E-state index contributed by atoms with van der Waals surface area (Å²) in [5.41, 5.74) is 5.54. The predicted octanol–water partition coefficient (Wildman–Crippen LogP) is 0.865. The molecule has 0 bridgehead atoms. The highest BCUT2D eigenvalue weighted by atomic mass is 16.6.